The maximum atomic E-state index is 10.8. The van der Waals surface area contributed by atoms with Gasteiger partial charge in [0.2, 0.25) is 5.91 Å². The Balaban J connectivity index is 2.85. The maximum absolute atomic E-state index is 10.8. The number of carbonyl (C=O) groups excluding carboxylic acids is 1. The number of carbonyl (C=O) groups is 1. The molecule has 0 unspecified atom stereocenters. The minimum Gasteiger partial charge on any atom is -0.366 e. The monoisotopic (exact) mass is 186 g/mol. The molecule has 3 heteroatoms. The van der Waals surface area contributed by atoms with Crippen LogP contribution in [0.5, 0.6) is 0 Å². The van der Waals surface area contributed by atoms with Gasteiger partial charge in [0.15, 0.2) is 0 Å². The van der Waals surface area contributed by atoms with Crippen molar-refractivity contribution in [2.24, 2.45) is 5.73 Å². The van der Waals surface area contributed by atoms with Crippen molar-refractivity contribution in [3.63, 3.8) is 0 Å². The molecule has 0 spiro atoms. The highest BCUT2D eigenvalue weighted by Crippen LogP contribution is 2.06. The Kier molecular flexibility index (Phi) is 3.45. The normalized spacial score (nSPS) is 9.93. The Morgan fingerprint density at radius 1 is 1.57 bits per heavy atom. The minimum absolute atomic E-state index is 0.362. The lowest BCUT2D eigenvalue weighted by atomic mass is 10.1. The van der Waals surface area contributed by atoms with Crippen LogP contribution in [0.15, 0.2) is 30.3 Å². The summed E-state index contributed by atoms with van der Waals surface area (Å²) in [5, 5.41) is 8.31. The second-order valence-electron chi connectivity index (χ2n) is 2.75. The van der Waals surface area contributed by atoms with Gasteiger partial charge in [-0.15, -0.1) is 0 Å². The van der Waals surface area contributed by atoms with Gasteiger partial charge in [-0.1, -0.05) is 24.3 Å². The number of hydrogen-bond donors (Lipinski definition) is 1. The number of primary amides is 1. The fraction of sp³-hybridized carbons (Fsp3) is 0.0909. The number of nitrogens with two attached hydrogens (primary N) is 1. The number of nitriles is 1. The molecule has 1 rings (SSSR count). The topological polar surface area (TPSA) is 66.9 Å². The second-order valence-corrected chi connectivity index (χ2v) is 2.75. The molecule has 0 fully saturated rings. The zero-order valence-corrected chi connectivity index (χ0v) is 7.60. The first-order valence-electron chi connectivity index (χ1n) is 4.17. The van der Waals surface area contributed by atoms with Crippen molar-refractivity contribution in [2.45, 2.75) is 6.42 Å². The summed E-state index contributed by atoms with van der Waals surface area (Å²) in [5.74, 6) is -0.444. The summed E-state index contributed by atoms with van der Waals surface area (Å²) in [6, 6.07) is 8.95. The Bertz CT molecular complexity index is 402. The molecule has 3 nitrogen and oxygen atoms in total. The summed E-state index contributed by atoms with van der Waals surface area (Å²) >= 11 is 0. The van der Waals surface area contributed by atoms with Crippen LogP contribution < -0.4 is 5.73 Å². The van der Waals surface area contributed by atoms with E-state index in [1.54, 1.807) is 30.4 Å². The Hall–Kier alpha value is -2.08. The summed E-state index contributed by atoms with van der Waals surface area (Å²) in [5.41, 5.74) is 6.47. The smallest absolute Gasteiger partial charge is 0.248 e. The summed E-state index contributed by atoms with van der Waals surface area (Å²) in [4.78, 5) is 10.8. The van der Waals surface area contributed by atoms with Gasteiger partial charge >= 0.3 is 0 Å². The average Bonchev–Trinajstić information content (AvgIpc) is 2.19. The molecule has 1 amide bonds. The van der Waals surface area contributed by atoms with Gasteiger partial charge in [0.25, 0.3) is 0 Å². The maximum Gasteiger partial charge on any atom is 0.248 e. The van der Waals surface area contributed by atoms with Crippen molar-refractivity contribution in [3.8, 4) is 6.07 Å². The van der Waals surface area contributed by atoms with E-state index in [4.69, 9.17) is 11.0 Å². The third-order valence-electron chi connectivity index (χ3n) is 1.69. The SMILES string of the molecule is N#CCC=Cc1cccc(C(N)=O)c1. The van der Waals surface area contributed by atoms with Gasteiger partial charge in [0.05, 0.1) is 12.5 Å². The first-order valence-corrected chi connectivity index (χ1v) is 4.17. The van der Waals surface area contributed by atoms with Crippen LogP contribution in [0.25, 0.3) is 6.08 Å². The quantitative estimate of drug-likeness (QED) is 0.780. The van der Waals surface area contributed by atoms with E-state index in [0.717, 1.165) is 5.56 Å². The zero-order chi connectivity index (χ0) is 10.4. The Morgan fingerprint density at radius 3 is 3.00 bits per heavy atom. The summed E-state index contributed by atoms with van der Waals surface area (Å²) < 4.78 is 0. The predicted molar refractivity (Wildman–Crippen MR) is 54.2 cm³/mol. The molecule has 0 heterocycles. The van der Waals surface area contributed by atoms with E-state index < -0.39 is 5.91 Å². The highest BCUT2D eigenvalue weighted by Gasteiger charge is 1.98. The van der Waals surface area contributed by atoms with E-state index in [2.05, 4.69) is 0 Å². The Labute approximate surface area is 82.5 Å². The Morgan fingerprint density at radius 2 is 2.36 bits per heavy atom. The lowest BCUT2D eigenvalue weighted by Crippen LogP contribution is -2.10. The molecule has 0 bridgehead atoms. The van der Waals surface area contributed by atoms with Crippen LogP contribution in [0.4, 0.5) is 0 Å². The van der Waals surface area contributed by atoms with Crippen molar-refractivity contribution in [1.82, 2.24) is 0 Å². The summed E-state index contributed by atoms with van der Waals surface area (Å²) in [6.45, 7) is 0. The van der Waals surface area contributed by atoms with Crippen LogP contribution in [0.2, 0.25) is 0 Å². The molecule has 2 N–H and O–H groups in total. The van der Waals surface area contributed by atoms with E-state index in [9.17, 15) is 4.79 Å². The van der Waals surface area contributed by atoms with Gasteiger partial charge in [-0.25, -0.2) is 0 Å². The molecule has 1 aromatic carbocycles. The molecule has 0 aliphatic rings. The van der Waals surface area contributed by atoms with Crippen molar-refractivity contribution in [2.75, 3.05) is 0 Å². The molecule has 0 radical (unpaired) electrons. The van der Waals surface area contributed by atoms with Gasteiger partial charge < -0.3 is 5.73 Å². The summed E-state index contributed by atoms with van der Waals surface area (Å²) in [6.07, 6.45) is 3.89. The molecule has 0 saturated carbocycles. The lowest BCUT2D eigenvalue weighted by molar-refractivity contribution is 0.100. The van der Waals surface area contributed by atoms with Crippen LogP contribution in [0.3, 0.4) is 0 Å². The van der Waals surface area contributed by atoms with E-state index in [1.165, 1.54) is 0 Å². The third kappa shape index (κ3) is 2.76. The minimum atomic E-state index is -0.444. The number of rotatable bonds is 3. The standard InChI is InChI=1S/C11H10N2O/c12-7-2-1-4-9-5-3-6-10(8-9)11(13)14/h1,3-6,8H,2H2,(H2,13,14). The highest BCUT2D eigenvalue weighted by atomic mass is 16.1. The van der Waals surface area contributed by atoms with Gasteiger partial charge in [-0.3, -0.25) is 4.79 Å². The molecule has 0 aromatic heterocycles. The third-order valence-corrected chi connectivity index (χ3v) is 1.69. The van der Waals surface area contributed by atoms with E-state index >= 15 is 0 Å². The highest BCUT2D eigenvalue weighted by molar-refractivity contribution is 5.93. The van der Waals surface area contributed by atoms with Crippen LogP contribution in [-0.4, -0.2) is 5.91 Å². The molecule has 0 aliphatic heterocycles. The molecule has 70 valence electrons. The number of nitrogens with zero attached hydrogens (tertiary/aromatic N) is 1. The van der Waals surface area contributed by atoms with E-state index in [-0.39, 0.29) is 0 Å². The largest absolute Gasteiger partial charge is 0.366 e. The van der Waals surface area contributed by atoms with Crippen LogP contribution >= 0.6 is 0 Å². The first-order chi connectivity index (χ1) is 6.74. The molecular weight excluding hydrogens is 176 g/mol. The second kappa shape index (κ2) is 4.83. The molecule has 14 heavy (non-hydrogen) atoms. The molecule has 0 atom stereocenters. The van der Waals surface area contributed by atoms with Crippen molar-refractivity contribution in [3.05, 3.63) is 41.5 Å². The predicted octanol–water partition coefficient (Wildman–Crippen LogP) is 1.71. The van der Waals surface area contributed by atoms with Gasteiger partial charge in [-0.05, 0) is 17.7 Å². The molecule has 0 aliphatic carbocycles. The average molecular weight is 186 g/mol. The number of allylic oxidation sites excluding steroid dienone is 1. The fourth-order valence-corrected chi connectivity index (χ4v) is 1.04. The van der Waals surface area contributed by atoms with Crippen LogP contribution in [0.1, 0.15) is 22.3 Å². The zero-order valence-electron chi connectivity index (χ0n) is 7.60. The van der Waals surface area contributed by atoms with Gasteiger partial charge in [0, 0.05) is 5.56 Å². The van der Waals surface area contributed by atoms with Crippen molar-refractivity contribution >= 4 is 12.0 Å². The van der Waals surface area contributed by atoms with Crippen LogP contribution in [-0.2, 0) is 0 Å². The number of benzene rings is 1. The van der Waals surface area contributed by atoms with Gasteiger partial charge in [-0.2, -0.15) is 5.26 Å². The van der Waals surface area contributed by atoms with Crippen LogP contribution in [0, 0.1) is 11.3 Å². The van der Waals surface area contributed by atoms with Crippen molar-refractivity contribution in [1.29, 1.82) is 5.26 Å². The number of hydrogen-bond acceptors (Lipinski definition) is 2. The molecule has 0 saturated heterocycles. The van der Waals surface area contributed by atoms with E-state index in [0.29, 0.717) is 12.0 Å². The fourth-order valence-electron chi connectivity index (χ4n) is 1.04. The van der Waals surface area contributed by atoms with Crippen molar-refractivity contribution < 1.29 is 4.79 Å². The van der Waals surface area contributed by atoms with Gasteiger partial charge in [0.1, 0.15) is 0 Å². The molecule has 1 aromatic rings. The first kappa shape index (κ1) is 10.0. The summed E-state index contributed by atoms with van der Waals surface area (Å²) in [7, 11) is 0. The molecular formula is C11H10N2O. The number of amides is 1. The lowest BCUT2D eigenvalue weighted by Gasteiger charge is -1.96. The van der Waals surface area contributed by atoms with E-state index in [1.807, 2.05) is 12.1 Å².